The van der Waals surface area contributed by atoms with Crippen LogP contribution in [-0.2, 0) is 6.18 Å². The molecule has 3 aromatic heterocycles. The maximum atomic E-state index is 13.1. The van der Waals surface area contributed by atoms with Crippen molar-refractivity contribution < 1.29 is 18.3 Å². The van der Waals surface area contributed by atoms with E-state index in [1.165, 1.54) is 23.0 Å². The molecule has 1 fully saturated rings. The molecule has 162 valence electrons. The normalized spacial score (nSPS) is 20.3. The van der Waals surface area contributed by atoms with Crippen LogP contribution in [-0.4, -0.2) is 54.9 Å². The first-order chi connectivity index (χ1) is 14.8. The van der Waals surface area contributed by atoms with E-state index in [9.17, 15) is 18.3 Å². The van der Waals surface area contributed by atoms with Crippen LogP contribution in [0.1, 0.15) is 12.1 Å². The Morgan fingerprint density at radius 2 is 2.06 bits per heavy atom. The monoisotopic (exact) mass is 432 g/mol. The van der Waals surface area contributed by atoms with E-state index in [-0.39, 0.29) is 17.4 Å². The molecule has 4 rings (SSSR count). The van der Waals surface area contributed by atoms with Crippen LogP contribution in [0.4, 0.5) is 19.0 Å². The fourth-order valence-corrected chi connectivity index (χ4v) is 3.60. The molecule has 1 aliphatic rings. The number of rotatable bonds is 4. The topological polar surface area (TPSA) is 129 Å². The van der Waals surface area contributed by atoms with Gasteiger partial charge in [-0.25, -0.2) is 19.9 Å². The molecule has 0 saturated carbocycles. The Morgan fingerprint density at radius 3 is 2.77 bits per heavy atom. The third kappa shape index (κ3) is 3.93. The minimum atomic E-state index is -4.59. The first kappa shape index (κ1) is 20.7. The Morgan fingerprint density at radius 1 is 1.26 bits per heavy atom. The van der Waals surface area contributed by atoms with Crippen molar-refractivity contribution in [2.24, 2.45) is 11.7 Å². The summed E-state index contributed by atoms with van der Waals surface area (Å²) in [5.74, 6) is 0.392. The molecule has 4 heterocycles. The number of fused-ring (bicyclic) bond motifs is 1. The van der Waals surface area contributed by atoms with Crippen LogP contribution in [0.15, 0.2) is 42.6 Å². The number of hydrogen-bond acceptors (Lipinski definition) is 8. The second-order valence-electron chi connectivity index (χ2n) is 7.10. The molecule has 0 spiro atoms. The number of halogens is 3. The molecule has 9 nitrogen and oxygen atoms in total. The summed E-state index contributed by atoms with van der Waals surface area (Å²) < 4.78 is 40.5. The summed E-state index contributed by atoms with van der Waals surface area (Å²) in [4.78, 5) is 18.1. The molecule has 1 aliphatic heterocycles. The number of piperidine rings is 1. The van der Waals surface area contributed by atoms with Crippen molar-refractivity contribution in [3.8, 4) is 11.5 Å². The number of hydrogen-bond donors (Lipinski definition) is 3. The van der Waals surface area contributed by atoms with Gasteiger partial charge in [-0.1, -0.05) is 0 Å². The largest absolute Gasteiger partial charge is 0.434 e. The van der Waals surface area contributed by atoms with Gasteiger partial charge in [0.25, 0.3) is 0 Å². The van der Waals surface area contributed by atoms with Gasteiger partial charge in [0.05, 0.1) is 18.5 Å². The fourth-order valence-electron chi connectivity index (χ4n) is 3.60. The smallest absolute Gasteiger partial charge is 0.404 e. The number of imidazole rings is 1. The Labute approximate surface area is 174 Å². The standard InChI is InChI=1S/C19H19F3N8O/c20-19(21,22)15-10-30-13(7-27-17(30)8-26-15)18-25-3-1-16(28-18)29-4-2-14(31)12(9-29)11(5-23)6-24/h1,3,5-8,10,12,14,23,31H,2,4,9,24H2. The summed E-state index contributed by atoms with van der Waals surface area (Å²) in [5.41, 5.74) is 5.58. The van der Waals surface area contributed by atoms with E-state index in [4.69, 9.17) is 11.1 Å². The van der Waals surface area contributed by atoms with E-state index < -0.39 is 18.0 Å². The number of anilines is 1. The van der Waals surface area contributed by atoms with Crippen molar-refractivity contribution in [1.82, 2.24) is 24.3 Å². The minimum Gasteiger partial charge on any atom is -0.404 e. The Kier molecular flexibility index (Phi) is 5.31. The van der Waals surface area contributed by atoms with Crippen LogP contribution in [0.2, 0.25) is 0 Å². The first-order valence-corrected chi connectivity index (χ1v) is 9.41. The third-order valence-electron chi connectivity index (χ3n) is 5.24. The number of nitrogens with two attached hydrogens (primary N) is 1. The lowest BCUT2D eigenvalue weighted by molar-refractivity contribution is -0.141. The van der Waals surface area contributed by atoms with Crippen LogP contribution in [0, 0.1) is 11.3 Å². The predicted molar refractivity (Wildman–Crippen MR) is 106 cm³/mol. The highest BCUT2D eigenvalue weighted by molar-refractivity contribution is 5.76. The van der Waals surface area contributed by atoms with Crippen LogP contribution in [0.5, 0.6) is 0 Å². The zero-order valence-electron chi connectivity index (χ0n) is 16.2. The number of aliphatic hydroxyl groups is 1. The highest BCUT2D eigenvalue weighted by Gasteiger charge is 2.33. The van der Waals surface area contributed by atoms with E-state index in [0.717, 1.165) is 18.6 Å². The first-order valence-electron chi connectivity index (χ1n) is 9.41. The molecule has 0 aliphatic carbocycles. The second-order valence-corrected chi connectivity index (χ2v) is 7.10. The maximum absolute atomic E-state index is 13.1. The van der Waals surface area contributed by atoms with Crippen LogP contribution in [0.25, 0.3) is 17.2 Å². The summed E-state index contributed by atoms with van der Waals surface area (Å²) in [6.45, 7) is 0.893. The summed E-state index contributed by atoms with van der Waals surface area (Å²) >= 11 is 0. The van der Waals surface area contributed by atoms with Crippen molar-refractivity contribution >= 4 is 17.7 Å². The highest BCUT2D eigenvalue weighted by atomic mass is 19.4. The molecule has 0 radical (unpaired) electrons. The Bertz CT molecular complexity index is 1140. The van der Waals surface area contributed by atoms with Gasteiger partial charge >= 0.3 is 6.18 Å². The van der Waals surface area contributed by atoms with E-state index in [0.29, 0.717) is 36.6 Å². The number of aromatic nitrogens is 5. The minimum absolute atomic E-state index is 0.202. The van der Waals surface area contributed by atoms with Crippen LogP contribution < -0.4 is 10.6 Å². The zero-order chi connectivity index (χ0) is 22.2. The number of nitrogens with zero attached hydrogens (tertiary/aromatic N) is 6. The molecule has 1 saturated heterocycles. The van der Waals surface area contributed by atoms with Gasteiger partial charge in [0.2, 0.25) is 0 Å². The molecule has 3 aromatic rings. The van der Waals surface area contributed by atoms with Gasteiger partial charge < -0.3 is 21.1 Å². The molecule has 0 amide bonds. The van der Waals surface area contributed by atoms with Crippen molar-refractivity contribution in [2.45, 2.75) is 18.7 Å². The van der Waals surface area contributed by atoms with Gasteiger partial charge in [0.15, 0.2) is 17.2 Å². The highest BCUT2D eigenvalue weighted by Crippen LogP contribution is 2.30. The van der Waals surface area contributed by atoms with Gasteiger partial charge in [-0.05, 0) is 24.3 Å². The lowest BCUT2D eigenvalue weighted by atomic mass is 9.88. The summed E-state index contributed by atoms with van der Waals surface area (Å²) in [6, 6.07) is 1.68. The second kappa shape index (κ2) is 7.95. The average molecular weight is 432 g/mol. The van der Waals surface area contributed by atoms with Gasteiger partial charge in [-0.15, -0.1) is 0 Å². The van der Waals surface area contributed by atoms with Gasteiger partial charge in [0.1, 0.15) is 11.5 Å². The van der Waals surface area contributed by atoms with Gasteiger partial charge in [0, 0.05) is 37.6 Å². The van der Waals surface area contributed by atoms with Gasteiger partial charge in [-0.3, -0.25) is 4.40 Å². The van der Waals surface area contributed by atoms with E-state index in [1.54, 1.807) is 6.07 Å². The van der Waals surface area contributed by atoms with Crippen molar-refractivity contribution in [3.05, 3.63) is 48.3 Å². The number of nitrogens with one attached hydrogen (secondary N) is 1. The predicted octanol–water partition coefficient (Wildman–Crippen LogP) is 1.88. The quantitative estimate of drug-likeness (QED) is 0.537. The van der Waals surface area contributed by atoms with E-state index in [1.807, 2.05) is 4.90 Å². The fraction of sp³-hybridized carbons (Fsp3) is 0.316. The molecule has 4 N–H and O–H groups in total. The lowest BCUT2D eigenvalue weighted by Crippen LogP contribution is -2.44. The van der Waals surface area contributed by atoms with Crippen molar-refractivity contribution in [3.63, 3.8) is 0 Å². The molecule has 2 atom stereocenters. The van der Waals surface area contributed by atoms with E-state index >= 15 is 0 Å². The van der Waals surface area contributed by atoms with Gasteiger partial charge in [-0.2, -0.15) is 13.2 Å². The number of alkyl halides is 3. The summed E-state index contributed by atoms with van der Waals surface area (Å²) in [7, 11) is 0. The molecular weight excluding hydrogens is 413 g/mol. The lowest BCUT2D eigenvalue weighted by Gasteiger charge is -2.37. The van der Waals surface area contributed by atoms with Crippen molar-refractivity contribution in [1.29, 1.82) is 5.41 Å². The summed E-state index contributed by atoms with van der Waals surface area (Å²) in [5, 5.41) is 17.8. The third-order valence-corrected chi connectivity index (χ3v) is 5.24. The molecule has 0 bridgehead atoms. The zero-order valence-corrected chi connectivity index (χ0v) is 16.2. The number of aliphatic hydroxyl groups excluding tert-OH is 1. The average Bonchev–Trinajstić information content (AvgIpc) is 3.19. The molecule has 31 heavy (non-hydrogen) atoms. The molecule has 2 unspecified atom stereocenters. The SMILES string of the molecule is N=CC(=CN)C1CN(c2ccnc(-c3cnc4cnc(C(F)(F)F)cn34)n2)CCC1O. The van der Waals surface area contributed by atoms with Crippen molar-refractivity contribution in [2.75, 3.05) is 18.0 Å². The van der Waals surface area contributed by atoms with Crippen LogP contribution >= 0.6 is 0 Å². The molecular formula is C19H19F3N8O. The molecule has 0 aromatic carbocycles. The Hall–Kier alpha value is -3.54. The Balaban J connectivity index is 1.68. The molecule has 12 heteroatoms. The summed E-state index contributed by atoms with van der Waals surface area (Å²) in [6.07, 6.45) is 2.46. The van der Waals surface area contributed by atoms with E-state index in [2.05, 4.69) is 19.9 Å². The van der Waals surface area contributed by atoms with Crippen LogP contribution in [0.3, 0.4) is 0 Å². The maximum Gasteiger partial charge on any atom is 0.434 e.